The Morgan fingerprint density at radius 2 is 2.26 bits per heavy atom. The standard InChI is InChI=1S/C16H22N4O2S/c1-11(13-5-3-6-14(9-13)18-12(2)21)19-20-16(23)17-10-15-7-4-8-22-15/h3,5-6,9,15H,4,7-8,10H2,1-2H3,(H,18,21)(H2,17,20,23)/b19-11-/t15-/m0/s1. The molecule has 1 aromatic carbocycles. The molecule has 1 heterocycles. The number of benzene rings is 1. The van der Waals surface area contributed by atoms with Crippen molar-refractivity contribution in [3.63, 3.8) is 0 Å². The van der Waals surface area contributed by atoms with Crippen LogP contribution in [0.4, 0.5) is 5.69 Å². The van der Waals surface area contributed by atoms with Gasteiger partial charge >= 0.3 is 0 Å². The first-order chi connectivity index (χ1) is 11.0. The molecule has 2 rings (SSSR count). The minimum absolute atomic E-state index is 0.102. The van der Waals surface area contributed by atoms with Gasteiger partial charge in [-0.25, -0.2) is 0 Å². The van der Waals surface area contributed by atoms with Crippen LogP contribution in [0.25, 0.3) is 0 Å². The number of nitrogens with zero attached hydrogens (tertiary/aromatic N) is 1. The van der Waals surface area contributed by atoms with Crippen molar-refractivity contribution in [3.8, 4) is 0 Å². The van der Waals surface area contributed by atoms with Crippen LogP contribution in [0.1, 0.15) is 32.3 Å². The Morgan fingerprint density at radius 3 is 2.96 bits per heavy atom. The summed E-state index contributed by atoms with van der Waals surface area (Å²) < 4.78 is 5.52. The molecule has 0 saturated carbocycles. The maximum absolute atomic E-state index is 11.1. The van der Waals surface area contributed by atoms with E-state index in [1.807, 2.05) is 31.2 Å². The third-order valence-electron chi connectivity index (χ3n) is 3.44. The lowest BCUT2D eigenvalue weighted by Crippen LogP contribution is -2.37. The first-order valence-corrected chi connectivity index (χ1v) is 8.03. The van der Waals surface area contributed by atoms with Crippen LogP contribution < -0.4 is 16.1 Å². The molecule has 6 nitrogen and oxygen atoms in total. The van der Waals surface area contributed by atoms with E-state index in [9.17, 15) is 4.79 Å². The van der Waals surface area contributed by atoms with Gasteiger partial charge in [0.1, 0.15) is 0 Å². The Hall–Kier alpha value is -1.99. The number of hydrogen-bond acceptors (Lipinski definition) is 4. The molecule has 23 heavy (non-hydrogen) atoms. The van der Waals surface area contributed by atoms with Crippen molar-refractivity contribution in [2.45, 2.75) is 32.8 Å². The fourth-order valence-electron chi connectivity index (χ4n) is 2.28. The SMILES string of the molecule is CC(=O)Nc1cccc(/C(C)=N\NC(=S)NC[C@@H]2CCCO2)c1. The van der Waals surface area contributed by atoms with E-state index in [4.69, 9.17) is 17.0 Å². The summed E-state index contributed by atoms with van der Waals surface area (Å²) in [5.74, 6) is -0.102. The number of hydrazone groups is 1. The Balaban J connectivity index is 1.86. The summed E-state index contributed by atoms with van der Waals surface area (Å²) in [7, 11) is 0. The Kier molecular flexibility index (Phi) is 6.49. The second-order valence-electron chi connectivity index (χ2n) is 5.42. The number of nitrogens with one attached hydrogen (secondary N) is 3. The van der Waals surface area contributed by atoms with Crippen LogP contribution in [0.15, 0.2) is 29.4 Å². The van der Waals surface area contributed by atoms with Crippen LogP contribution in [-0.4, -0.2) is 36.0 Å². The lowest BCUT2D eigenvalue weighted by molar-refractivity contribution is -0.114. The van der Waals surface area contributed by atoms with Gasteiger partial charge in [0, 0.05) is 25.8 Å². The molecule has 1 aromatic rings. The molecule has 0 unspecified atom stereocenters. The van der Waals surface area contributed by atoms with E-state index in [-0.39, 0.29) is 12.0 Å². The summed E-state index contributed by atoms with van der Waals surface area (Å²) >= 11 is 5.20. The highest BCUT2D eigenvalue weighted by Gasteiger charge is 2.15. The number of hydrogen-bond donors (Lipinski definition) is 3. The highest BCUT2D eigenvalue weighted by molar-refractivity contribution is 7.80. The van der Waals surface area contributed by atoms with Gasteiger partial charge < -0.3 is 15.4 Å². The van der Waals surface area contributed by atoms with Crippen LogP contribution in [-0.2, 0) is 9.53 Å². The molecule has 124 valence electrons. The van der Waals surface area contributed by atoms with Crippen LogP contribution >= 0.6 is 12.2 Å². The highest BCUT2D eigenvalue weighted by atomic mass is 32.1. The average molecular weight is 334 g/mol. The normalized spacial score (nSPS) is 17.7. The summed E-state index contributed by atoms with van der Waals surface area (Å²) in [6.45, 7) is 4.88. The fraction of sp³-hybridized carbons (Fsp3) is 0.438. The number of carbonyl (C=O) groups is 1. The predicted octanol–water partition coefficient (Wildman–Crippen LogP) is 2.01. The minimum Gasteiger partial charge on any atom is -0.376 e. The van der Waals surface area contributed by atoms with Crippen LogP contribution in [0, 0.1) is 0 Å². The third-order valence-corrected chi connectivity index (χ3v) is 3.68. The van der Waals surface area contributed by atoms with Gasteiger partial charge in [-0.2, -0.15) is 5.10 Å². The number of anilines is 1. The first-order valence-electron chi connectivity index (χ1n) is 7.62. The molecule has 0 aliphatic carbocycles. The number of rotatable bonds is 5. The van der Waals surface area contributed by atoms with Crippen molar-refractivity contribution >= 4 is 34.6 Å². The van der Waals surface area contributed by atoms with Crippen molar-refractivity contribution in [1.29, 1.82) is 0 Å². The number of carbonyl (C=O) groups excluding carboxylic acids is 1. The Morgan fingerprint density at radius 1 is 1.43 bits per heavy atom. The van der Waals surface area contributed by atoms with Gasteiger partial charge in [-0.05, 0) is 49.7 Å². The van der Waals surface area contributed by atoms with E-state index in [1.165, 1.54) is 6.92 Å². The molecule has 1 aliphatic heterocycles. The Labute approximate surface area is 141 Å². The van der Waals surface area contributed by atoms with E-state index in [0.29, 0.717) is 11.7 Å². The number of amides is 1. The quantitative estimate of drug-likeness (QED) is 0.436. The maximum Gasteiger partial charge on any atom is 0.221 e. The summed E-state index contributed by atoms with van der Waals surface area (Å²) in [6.07, 6.45) is 2.40. The zero-order valence-corrected chi connectivity index (χ0v) is 14.2. The van der Waals surface area contributed by atoms with E-state index in [2.05, 4.69) is 21.2 Å². The van der Waals surface area contributed by atoms with Crippen molar-refractivity contribution in [2.75, 3.05) is 18.5 Å². The van der Waals surface area contributed by atoms with Crippen LogP contribution in [0.5, 0.6) is 0 Å². The monoisotopic (exact) mass is 334 g/mol. The lowest BCUT2D eigenvalue weighted by atomic mass is 10.1. The van der Waals surface area contributed by atoms with Crippen molar-refractivity contribution in [1.82, 2.24) is 10.7 Å². The van der Waals surface area contributed by atoms with Crippen LogP contribution in [0.2, 0.25) is 0 Å². The molecule has 0 radical (unpaired) electrons. The van der Waals surface area contributed by atoms with Crippen molar-refractivity contribution in [2.24, 2.45) is 5.10 Å². The summed E-state index contributed by atoms with van der Waals surface area (Å²) in [6, 6.07) is 7.49. The smallest absolute Gasteiger partial charge is 0.221 e. The van der Waals surface area contributed by atoms with Gasteiger partial charge in [-0.3, -0.25) is 10.2 Å². The second kappa shape index (κ2) is 8.59. The molecule has 1 atom stereocenters. The van der Waals surface area contributed by atoms with Crippen molar-refractivity contribution < 1.29 is 9.53 Å². The number of thiocarbonyl (C=S) groups is 1. The molecule has 1 aliphatic rings. The summed E-state index contributed by atoms with van der Waals surface area (Å²) in [5, 5.41) is 10.6. The van der Waals surface area contributed by atoms with Gasteiger partial charge in [0.25, 0.3) is 0 Å². The van der Waals surface area contributed by atoms with Gasteiger partial charge in [-0.1, -0.05) is 12.1 Å². The van der Waals surface area contributed by atoms with Gasteiger partial charge in [0.2, 0.25) is 5.91 Å². The van der Waals surface area contributed by atoms with Crippen molar-refractivity contribution in [3.05, 3.63) is 29.8 Å². The predicted molar refractivity (Wildman–Crippen MR) is 95.7 cm³/mol. The molecule has 1 fully saturated rings. The second-order valence-corrected chi connectivity index (χ2v) is 5.82. The van der Waals surface area contributed by atoms with Crippen LogP contribution in [0.3, 0.4) is 0 Å². The molecule has 0 spiro atoms. The molecule has 7 heteroatoms. The highest BCUT2D eigenvalue weighted by Crippen LogP contribution is 2.12. The molecule has 0 bridgehead atoms. The van der Waals surface area contributed by atoms with E-state index < -0.39 is 0 Å². The largest absolute Gasteiger partial charge is 0.376 e. The molecule has 1 amide bonds. The molecule has 3 N–H and O–H groups in total. The third kappa shape index (κ3) is 5.96. The molecular formula is C16H22N4O2S. The summed E-state index contributed by atoms with van der Waals surface area (Å²) in [5.41, 5.74) is 5.25. The molecule has 0 aromatic heterocycles. The molecular weight excluding hydrogens is 312 g/mol. The minimum atomic E-state index is -0.102. The average Bonchev–Trinajstić information content (AvgIpc) is 3.03. The number of ether oxygens (including phenoxy) is 1. The fourth-order valence-corrected chi connectivity index (χ4v) is 2.40. The van der Waals surface area contributed by atoms with Gasteiger partial charge in [0.05, 0.1) is 11.8 Å². The maximum atomic E-state index is 11.1. The van der Waals surface area contributed by atoms with E-state index in [0.717, 1.165) is 36.4 Å². The Bertz CT molecular complexity index is 597. The summed E-state index contributed by atoms with van der Waals surface area (Å²) in [4.78, 5) is 11.1. The zero-order chi connectivity index (χ0) is 16.7. The topological polar surface area (TPSA) is 74.8 Å². The molecule has 1 saturated heterocycles. The zero-order valence-electron chi connectivity index (χ0n) is 13.4. The van der Waals surface area contributed by atoms with E-state index >= 15 is 0 Å². The lowest BCUT2D eigenvalue weighted by Gasteiger charge is -2.12. The van der Waals surface area contributed by atoms with Gasteiger partial charge in [-0.15, -0.1) is 0 Å². The van der Waals surface area contributed by atoms with E-state index in [1.54, 1.807) is 0 Å². The van der Waals surface area contributed by atoms with Gasteiger partial charge in [0.15, 0.2) is 5.11 Å². The first kappa shape index (κ1) is 17.4.